The molecular formula is C32H39F3N4O7. The van der Waals surface area contributed by atoms with Gasteiger partial charge in [-0.1, -0.05) is 68.8 Å². The largest absolute Gasteiger partial charge is 0.480 e. The molecule has 46 heavy (non-hydrogen) atoms. The number of hydrogen-bond acceptors (Lipinski definition) is 6. The Morgan fingerprint density at radius 1 is 0.826 bits per heavy atom. The molecule has 0 spiro atoms. The van der Waals surface area contributed by atoms with Gasteiger partial charge in [-0.15, -0.1) is 0 Å². The first-order valence-electron chi connectivity index (χ1n) is 14.6. The molecule has 2 aromatic rings. The van der Waals surface area contributed by atoms with E-state index in [1.54, 1.807) is 44.2 Å². The zero-order valence-electron chi connectivity index (χ0n) is 26.2. The van der Waals surface area contributed by atoms with Gasteiger partial charge in [0.15, 0.2) is 0 Å². The molecule has 2 aromatic carbocycles. The number of carbonyl (C=O) groups is 6. The van der Waals surface area contributed by atoms with E-state index in [0.29, 0.717) is 12.0 Å². The Balaban J connectivity index is 2.22. The van der Waals surface area contributed by atoms with Crippen molar-refractivity contribution >= 4 is 35.4 Å². The summed E-state index contributed by atoms with van der Waals surface area (Å²) in [5.41, 5.74) is -1.92. The quantitative estimate of drug-likeness (QED) is 0.185. The number of ketones is 1. The Morgan fingerprint density at radius 3 is 2.00 bits per heavy atom. The van der Waals surface area contributed by atoms with E-state index in [-0.39, 0.29) is 18.4 Å². The Hall–Kier alpha value is -4.75. The van der Waals surface area contributed by atoms with Gasteiger partial charge in [0.25, 0.3) is 5.91 Å². The van der Waals surface area contributed by atoms with Crippen molar-refractivity contribution in [1.29, 1.82) is 0 Å². The number of carboxylic acid groups (broad SMARTS) is 1. The first kappa shape index (κ1) is 37.4. The second-order valence-corrected chi connectivity index (χ2v) is 11.5. The van der Waals surface area contributed by atoms with E-state index in [4.69, 9.17) is 0 Å². The number of rotatable bonds is 15. The fraction of sp³-hybridized carbons (Fsp3) is 0.438. The Bertz CT molecular complexity index is 1430. The number of aliphatic carboxylic acids is 1. The summed E-state index contributed by atoms with van der Waals surface area (Å²) in [5, 5.41) is 18.8. The molecule has 0 aliphatic rings. The lowest BCUT2D eigenvalue weighted by atomic mass is 9.96. The molecular weight excluding hydrogens is 609 g/mol. The molecule has 4 atom stereocenters. The Labute approximate surface area is 264 Å². The number of carboxylic acids is 1. The summed E-state index contributed by atoms with van der Waals surface area (Å²) >= 11 is 0. The lowest BCUT2D eigenvalue weighted by molar-refractivity contribution is -0.147. The fourth-order valence-electron chi connectivity index (χ4n) is 4.28. The van der Waals surface area contributed by atoms with Gasteiger partial charge in [0.05, 0.1) is 18.0 Å². The van der Waals surface area contributed by atoms with Crippen molar-refractivity contribution < 1.29 is 47.0 Å². The normalized spacial score (nSPS) is 14.2. The van der Waals surface area contributed by atoms with E-state index >= 15 is 0 Å². The lowest BCUT2D eigenvalue weighted by Crippen LogP contribution is -2.60. The van der Waals surface area contributed by atoms with Crippen LogP contribution in [0.5, 0.6) is 0 Å². The third-order valence-electron chi connectivity index (χ3n) is 7.28. The maximum Gasteiger partial charge on any atom is 0.416 e. The number of hydrogen-bond donors (Lipinski definition) is 5. The molecule has 0 aliphatic heterocycles. The predicted octanol–water partition coefficient (Wildman–Crippen LogP) is 2.56. The Morgan fingerprint density at radius 2 is 1.43 bits per heavy atom. The van der Waals surface area contributed by atoms with Gasteiger partial charge in [-0.05, 0) is 43.9 Å². The zero-order chi connectivity index (χ0) is 34.8. The van der Waals surface area contributed by atoms with Crippen molar-refractivity contribution in [3.05, 3.63) is 71.3 Å². The minimum Gasteiger partial charge on any atom is -0.480 e. The molecule has 2 rings (SSSR count). The second-order valence-electron chi connectivity index (χ2n) is 11.5. The minimum atomic E-state index is -4.65. The van der Waals surface area contributed by atoms with Crippen LogP contribution in [0.15, 0.2) is 54.6 Å². The molecule has 0 heterocycles. The molecule has 0 aliphatic carbocycles. The highest BCUT2D eigenvalue weighted by atomic mass is 19.4. The standard InChI is InChI=1S/C32H39F3N4O7/c1-6-18(2)25(28(43)39-31(4,5)30(45)46)38-29(44)26(41)19(3)36-27(42)23(37-24(40)17-20-11-8-7-9-12-20)16-21-13-10-14-22(15-21)32(33,34)35/h7-15,18-19,23,25H,6,16-17H2,1-5H3,(H,36,42)(H,37,40)(H,38,44)(H,39,43)(H,45,46). The van der Waals surface area contributed by atoms with Crippen LogP contribution in [0.4, 0.5) is 13.2 Å². The van der Waals surface area contributed by atoms with Crippen molar-refractivity contribution in [2.75, 3.05) is 0 Å². The molecule has 4 amide bonds. The number of Topliss-reactive ketones (excluding diaryl/α,β-unsaturated/α-hetero) is 1. The Kier molecular flexibility index (Phi) is 13.0. The average Bonchev–Trinajstić information content (AvgIpc) is 2.98. The first-order valence-corrected chi connectivity index (χ1v) is 14.6. The van der Waals surface area contributed by atoms with Gasteiger partial charge in [0, 0.05) is 6.42 Å². The highest BCUT2D eigenvalue weighted by molar-refractivity contribution is 6.38. The molecule has 0 saturated carbocycles. The lowest BCUT2D eigenvalue weighted by Gasteiger charge is -2.28. The molecule has 250 valence electrons. The van der Waals surface area contributed by atoms with Crippen molar-refractivity contribution in [2.45, 2.75) is 83.7 Å². The summed E-state index contributed by atoms with van der Waals surface area (Å²) in [6, 6.07) is 8.55. The van der Waals surface area contributed by atoms with Gasteiger partial charge in [0.2, 0.25) is 23.5 Å². The third-order valence-corrected chi connectivity index (χ3v) is 7.28. The molecule has 14 heteroatoms. The summed E-state index contributed by atoms with van der Waals surface area (Å²) in [7, 11) is 0. The van der Waals surface area contributed by atoms with E-state index in [1.807, 2.05) is 0 Å². The van der Waals surface area contributed by atoms with Crippen molar-refractivity contribution in [3.63, 3.8) is 0 Å². The fourth-order valence-corrected chi connectivity index (χ4v) is 4.28. The summed E-state index contributed by atoms with van der Waals surface area (Å²) in [4.78, 5) is 76.3. The number of nitrogens with one attached hydrogen (secondary N) is 4. The third kappa shape index (κ3) is 11.0. The molecule has 4 unspecified atom stereocenters. The SMILES string of the molecule is CCC(C)C(NC(=O)C(=O)C(C)NC(=O)C(Cc1cccc(C(F)(F)F)c1)NC(=O)Cc1ccccc1)C(=O)NC(C)(C)C(=O)O. The molecule has 5 N–H and O–H groups in total. The highest BCUT2D eigenvalue weighted by Gasteiger charge is 2.36. The van der Waals surface area contributed by atoms with E-state index in [1.165, 1.54) is 26.8 Å². The van der Waals surface area contributed by atoms with Crippen molar-refractivity contribution in [1.82, 2.24) is 21.3 Å². The van der Waals surface area contributed by atoms with Gasteiger partial charge in [-0.2, -0.15) is 13.2 Å². The number of halogens is 3. The van der Waals surface area contributed by atoms with Crippen LogP contribution in [0.1, 0.15) is 57.7 Å². The molecule has 0 saturated heterocycles. The summed E-state index contributed by atoms with van der Waals surface area (Å²) in [5.74, 6) is -6.60. The van der Waals surface area contributed by atoms with Crippen LogP contribution < -0.4 is 21.3 Å². The van der Waals surface area contributed by atoms with Crippen LogP contribution >= 0.6 is 0 Å². The average molecular weight is 649 g/mol. The molecule has 11 nitrogen and oxygen atoms in total. The molecule has 0 fully saturated rings. The first-order chi connectivity index (χ1) is 21.3. The second kappa shape index (κ2) is 16.0. The summed E-state index contributed by atoms with van der Waals surface area (Å²) in [6.07, 6.45) is -4.76. The van der Waals surface area contributed by atoms with E-state index in [9.17, 15) is 47.0 Å². The zero-order valence-corrected chi connectivity index (χ0v) is 26.2. The van der Waals surface area contributed by atoms with E-state index < -0.39 is 76.7 Å². The van der Waals surface area contributed by atoms with Crippen molar-refractivity contribution in [3.8, 4) is 0 Å². The monoisotopic (exact) mass is 648 g/mol. The van der Waals surface area contributed by atoms with Gasteiger partial charge >= 0.3 is 12.1 Å². The van der Waals surface area contributed by atoms with E-state index in [2.05, 4.69) is 21.3 Å². The van der Waals surface area contributed by atoms with E-state index in [0.717, 1.165) is 18.2 Å². The molecule has 0 bridgehead atoms. The molecule has 0 radical (unpaired) electrons. The summed E-state index contributed by atoms with van der Waals surface area (Å²) < 4.78 is 39.9. The topological polar surface area (TPSA) is 171 Å². The van der Waals surface area contributed by atoms with Gasteiger partial charge in [-0.25, -0.2) is 4.79 Å². The number of carbonyl (C=O) groups excluding carboxylic acids is 5. The van der Waals surface area contributed by atoms with Crippen LogP contribution in [0, 0.1) is 5.92 Å². The summed E-state index contributed by atoms with van der Waals surface area (Å²) in [6.45, 7) is 7.03. The number of alkyl halides is 3. The highest BCUT2D eigenvalue weighted by Crippen LogP contribution is 2.29. The van der Waals surface area contributed by atoms with Crippen LogP contribution in [-0.4, -0.2) is 64.2 Å². The maximum atomic E-state index is 13.3. The van der Waals surface area contributed by atoms with Crippen molar-refractivity contribution in [2.24, 2.45) is 5.92 Å². The predicted molar refractivity (Wildman–Crippen MR) is 161 cm³/mol. The smallest absolute Gasteiger partial charge is 0.416 e. The number of amides is 4. The van der Waals surface area contributed by atoms with Crippen LogP contribution in [0.25, 0.3) is 0 Å². The van der Waals surface area contributed by atoms with Gasteiger partial charge in [-0.3, -0.25) is 24.0 Å². The van der Waals surface area contributed by atoms with Gasteiger partial charge in [0.1, 0.15) is 17.6 Å². The van der Waals surface area contributed by atoms with Crippen LogP contribution in [-0.2, 0) is 47.8 Å². The number of benzene rings is 2. The van der Waals surface area contributed by atoms with Crippen LogP contribution in [0.3, 0.4) is 0 Å². The van der Waals surface area contributed by atoms with Gasteiger partial charge < -0.3 is 26.4 Å². The minimum absolute atomic E-state index is 0.0819. The maximum absolute atomic E-state index is 13.3. The van der Waals surface area contributed by atoms with Crippen LogP contribution in [0.2, 0.25) is 0 Å². The molecule has 0 aromatic heterocycles.